The number of fused-ring (bicyclic) bond motifs is 1. The molecule has 2 aliphatic heterocycles. The summed E-state index contributed by atoms with van der Waals surface area (Å²) in [4.78, 5) is 0. The predicted octanol–water partition coefficient (Wildman–Crippen LogP) is 4.51. The zero-order chi connectivity index (χ0) is 16.7. The summed E-state index contributed by atoms with van der Waals surface area (Å²) in [6.45, 7) is 4.81. The summed E-state index contributed by atoms with van der Waals surface area (Å²) in [7, 11) is 1.68. The smallest absolute Gasteiger partial charge is 0.231 e. The maximum atomic E-state index is 6.45. The molecular formula is C20H22O4. The van der Waals surface area contributed by atoms with Crippen LogP contribution in [-0.2, 0) is 4.74 Å². The van der Waals surface area contributed by atoms with Crippen molar-refractivity contribution in [2.75, 3.05) is 13.9 Å². The number of hydrogen-bond donors (Lipinski definition) is 0. The Labute approximate surface area is 142 Å². The van der Waals surface area contributed by atoms with Crippen LogP contribution in [0.15, 0.2) is 42.5 Å². The monoisotopic (exact) mass is 326 g/mol. The molecule has 1 fully saturated rings. The Morgan fingerprint density at radius 2 is 1.46 bits per heavy atom. The van der Waals surface area contributed by atoms with E-state index in [0.29, 0.717) is 18.6 Å². The third kappa shape index (κ3) is 2.51. The van der Waals surface area contributed by atoms with Crippen LogP contribution in [0.1, 0.15) is 37.2 Å². The third-order valence-corrected chi connectivity index (χ3v) is 5.25. The van der Waals surface area contributed by atoms with Gasteiger partial charge in [0.15, 0.2) is 11.5 Å². The third-order valence-electron chi connectivity index (χ3n) is 5.25. The van der Waals surface area contributed by atoms with E-state index in [-0.39, 0.29) is 12.2 Å². The second-order valence-corrected chi connectivity index (χ2v) is 6.58. The minimum absolute atomic E-state index is 0.0570. The first-order valence-electron chi connectivity index (χ1n) is 8.36. The minimum atomic E-state index is 0.0570. The lowest BCUT2D eigenvalue weighted by atomic mass is 9.85. The first-order chi connectivity index (χ1) is 11.7. The van der Waals surface area contributed by atoms with E-state index in [4.69, 9.17) is 18.9 Å². The maximum absolute atomic E-state index is 6.45. The number of hydrogen-bond acceptors (Lipinski definition) is 4. The number of benzene rings is 2. The van der Waals surface area contributed by atoms with E-state index in [1.165, 1.54) is 5.56 Å². The van der Waals surface area contributed by atoms with Crippen LogP contribution in [0.4, 0.5) is 0 Å². The van der Waals surface area contributed by atoms with E-state index in [1.807, 2.05) is 24.3 Å². The van der Waals surface area contributed by atoms with Gasteiger partial charge in [0.2, 0.25) is 6.79 Å². The molecule has 24 heavy (non-hydrogen) atoms. The Hall–Kier alpha value is -2.20. The van der Waals surface area contributed by atoms with Crippen molar-refractivity contribution in [1.82, 2.24) is 0 Å². The number of methoxy groups -OCH3 is 1. The molecule has 0 bridgehead atoms. The molecule has 0 spiro atoms. The van der Waals surface area contributed by atoms with Crippen LogP contribution >= 0.6 is 0 Å². The van der Waals surface area contributed by atoms with Gasteiger partial charge in [-0.15, -0.1) is 0 Å². The maximum Gasteiger partial charge on any atom is 0.231 e. The van der Waals surface area contributed by atoms with E-state index >= 15 is 0 Å². The quantitative estimate of drug-likeness (QED) is 0.831. The summed E-state index contributed by atoms with van der Waals surface area (Å²) in [5, 5.41) is 0. The Kier molecular flexibility index (Phi) is 3.85. The Morgan fingerprint density at radius 3 is 2.17 bits per heavy atom. The lowest BCUT2D eigenvalue weighted by Crippen LogP contribution is -2.09. The Balaban J connectivity index is 1.59. The van der Waals surface area contributed by atoms with E-state index in [0.717, 1.165) is 22.8 Å². The van der Waals surface area contributed by atoms with Crippen molar-refractivity contribution in [1.29, 1.82) is 0 Å². The van der Waals surface area contributed by atoms with Crippen LogP contribution in [0.25, 0.3) is 0 Å². The lowest BCUT2D eigenvalue weighted by molar-refractivity contribution is 0.0289. The molecule has 0 amide bonds. The molecule has 0 saturated carbocycles. The van der Waals surface area contributed by atoms with Crippen molar-refractivity contribution in [3.05, 3.63) is 53.6 Å². The predicted molar refractivity (Wildman–Crippen MR) is 90.5 cm³/mol. The van der Waals surface area contributed by atoms with Gasteiger partial charge in [-0.25, -0.2) is 0 Å². The van der Waals surface area contributed by atoms with Gasteiger partial charge < -0.3 is 18.9 Å². The van der Waals surface area contributed by atoms with Crippen LogP contribution in [0.3, 0.4) is 0 Å². The van der Waals surface area contributed by atoms with Gasteiger partial charge in [-0.1, -0.05) is 32.0 Å². The van der Waals surface area contributed by atoms with E-state index in [1.54, 1.807) is 7.11 Å². The van der Waals surface area contributed by atoms with Crippen molar-refractivity contribution >= 4 is 0 Å². The summed E-state index contributed by atoms with van der Waals surface area (Å²) in [5.41, 5.74) is 2.34. The molecule has 4 heteroatoms. The largest absolute Gasteiger partial charge is 0.497 e. The fraction of sp³-hybridized carbons (Fsp3) is 0.400. The lowest BCUT2D eigenvalue weighted by Gasteiger charge is -2.17. The molecule has 0 unspecified atom stereocenters. The molecular weight excluding hydrogens is 304 g/mol. The summed E-state index contributed by atoms with van der Waals surface area (Å²) < 4.78 is 22.6. The Bertz CT molecular complexity index is 725. The van der Waals surface area contributed by atoms with Crippen molar-refractivity contribution in [2.24, 2.45) is 11.8 Å². The summed E-state index contributed by atoms with van der Waals surface area (Å²) >= 11 is 0. The average Bonchev–Trinajstić information content (AvgIpc) is 3.20. The van der Waals surface area contributed by atoms with Gasteiger partial charge in [0.25, 0.3) is 0 Å². The molecule has 0 aliphatic carbocycles. The van der Waals surface area contributed by atoms with Crippen LogP contribution in [0.2, 0.25) is 0 Å². The van der Waals surface area contributed by atoms with Gasteiger partial charge in [0, 0.05) is 0 Å². The molecule has 4 rings (SSSR count). The fourth-order valence-corrected chi connectivity index (χ4v) is 3.61. The molecule has 0 radical (unpaired) electrons. The molecule has 2 aromatic carbocycles. The summed E-state index contributed by atoms with van der Waals surface area (Å²) in [6, 6.07) is 14.3. The number of rotatable bonds is 3. The highest BCUT2D eigenvalue weighted by Gasteiger charge is 2.40. The van der Waals surface area contributed by atoms with E-state index < -0.39 is 0 Å². The Morgan fingerprint density at radius 1 is 0.833 bits per heavy atom. The molecule has 2 aromatic rings. The molecule has 2 heterocycles. The van der Waals surface area contributed by atoms with Crippen molar-refractivity contribution < 1.29 is 18.9 Å². The highest BCUT2D eigenvalue weighted by molar-refractivity contribution is 5.45. The SMILES string of the molecule is COc1ccc([C@H]2O[C@@H](c3ccc4c(c3)OCO4)[C@@H](C)[C@@H]2C)cc1. The topological polar surface area (TPSA) is 36.9 Å². The van der Waals surface area contributed by atoms with Crippen LogP contribution in [-0.4, -0.2) is 13.9 Å². The van der Waals surface area contributed by atoms with Crippen LogP contribution in [0.5, 0.6) is 17.2 Å². The standard InChI is InChI=1S/C20H22O4/c1-12-13(2)20(15-6-9-17-18(10-15)23-11-22-17)24-19(12)14-4-7-16(21-3)8-5-14/h4-10,12-13,19-20H,11H2,1-3H3/t12-,13-,19-,20+/m0/s1. The zero-order valence-corrected chi connectivity index (χ0v) is 14.2. The molecule has 0 aromatic heterocycles. The van der Waals surface area contributed by atoms with Crippen molar-refractivity contribution in [3.8, 4) is 17.2 Å². The highest BCUT2D eigenvalue weighted by Crippen LogP contribution is 2.50. The van der Waals surface area contributed by atoms with Crippen molar-refractivity contribution in [2.45, 2.75) is 26.1 Å². The zero-order valence-electron chi connectivity index (χ0n) is 14.2. The molecule has 126 valence electrons. The van der Waals surface area contributed by atoms with Gasteiger partial charge in [-0.3, -0.25) is 0 Å². The van der Waals surface area contributed by atoms with E-state index in [2.05, 4.69) is 32.0 Å². The van der Waals surface area contributed by atoms with Gasteiger partial charge in [-0.05, 0) is 47.2 Å². The molecule has 1 saturated heterocycles. The average molecular weight is 326 g/mol. The summed E-state index contributed by atoms with van der Waals surface area (Å²) in [5.74, 6) is 3.32. The number of ether oxygens (including phenoxy) is 4. The van der Waals surface area contributed by atoms with Crippen LogP contribution in [0, 0.1) is 11.8 Å². The second kappa shape index (κ2) is 6.02. The van der Waals surface area contributed by atoms with Gasteiger partial charge in [-0.2, -0.15) is 0 Å². The van der Waals surface area contributed by atoms with Gasteiger partial charge in [0.1, 0.15) is 5.75 Å². The first-order valence-corrected chi connectivity index (χ1v) is 8.36. The molecule has 4 nitrogen and oxygen atoms in total. The fourth-order valence-electron chi connectivity index (χ4n) is 3.61. The van der Waals surface area contributed by atoms with Gasteiger partial charge >= 0.3 is 0 Å². The summed E-state index contributed by atoms with van der Waals surface area (Å²) in [6.07, 6.45) is 0.142. The normalized spacial score (nSPS) is 28.1. The van der Waals surface area contributed by atoms with Crippen molar-refractivity contribution in [3.63, 3.8) is 0 Å². The first kappa shape index (κ1) is 15.3. The van der Waals surface area contributed by atoms with Gasteiger partial charge in [0.05, 0.1) is 19.3 Å². The van der Waals surface area contributed by atoms with E-state index in [9.17, 15) is 0 Å². The molecule has 2 aliphatic rings. The molecule has 4 atom stereocenters. The molecule has 0 N–H and O–H groups in total. The van der Waals surface area contributed by atoms with Crippen LogP contribution < -0.4 is 14.2 Å². The minimum Gasteiger partial charge on any atom is -0.497 e. The highest BCUT2D eigenvalue weighted by atomic mass is 16.7. The second-order valence-electron chi connectivity index (χ2n) is 6.58.